The van der Waals surface area contributed by atoms with Gasteiger partial charge in [0.1, 0.15) is 17.3 Å². The van der Waals surface area contributed by atoms with Crippen LogP contribution in [0.1, 0.15) is 31.1 Å². The van der Waals surface area contributed by atoms with Crippen LogP contribution in [0.25, 0.3) is 5.69 Å². The molecule has 21 heavy (non-hydrogen) atoms. The summed E-state index contributed by atoms with van der Waals surface area (Å²) < 4.78 is 55.0. The Balaban J connectivity index is 2.41. The van der Waals surface area contributed by atoms with Crippen molar-refractivity contribution in [2.45, 2.75) is 32.5 Å². The minimum absolute atomic E-state index is 0.193. The van der Waals surface area contributed by atoms with Crippen LogP contribution in [0.15, 0.2) is 12.1 Å². The molecular weight excluding hydrogens is 288 g/mol. The van der Waals surface area contributed by atoms with Crippen molar-refractivity contribution in [2.75, 3.05) is 5.32 Å². The summed E-state index contributed by atoms with van der Waals surface area (Å²) in [6.07, 6.45) is -4.58. The number of nitrogens with zero attached hydrogens (tertiary/aromatic N) is 3. The summed E-state index contributed by atoms with van der Waals surface area (Å²) in [5, 5.41) is 10.5. The molecule has 0 spiro atoms. The number of anilines is 1. The van der Waals surface area contributed by atoms with Gasteiger partial charge in [0.05, 0.1) is 16.8 Å². The van der Waals surface area contributed by atoms with Crippen molar-refractivity contribution in [1.82, 2.24) is 14.8 Å². The van der Waals surface area contributed by atoms with Crippen LogP contribution in [0.2, 0.25) is 0 Å². The summed E-state index contributed by atoms with van der Waals surface area (Å²) in [5.74, 6) is -0.0603. The molecule has 2 aromatic rings. The summed E-state index contributed by atoms with van der Waals surface area (Å²) in [7, 11) is 0. The van der Waals surface area contributed by atoms with Crippen LogP contribution < -0.4 is 5.32 Å². The van der Waals surface area contributed by atoms with E-state index in [1.807, 2.05) is 0 Å². The molecule has 0 atom stereocenters. The Hall–Kier alpha value is -2.12. The number of nitrogens with one attached hydrogen (secondary N) is 1. The fourth-order valence-electron chi connectivity index (χ4n) is 2.55. The van der Waals surface area contributed by atoms with Gasteiger partial charge >= 0.3 is 6.18 Å². The molecule has 0 radical (unpaired) electrons. The quantitative estimate of drug-likeness (QED) is 0.758. The van der Waals surface area contributed by atoms with E-state index in [0.717, 1.165) is 12.1 Å². The van der Waals surface area contributed by atoms with Gasteiger partial charge in [0, 0.05) is 0 Å². The second-order valence-electron chi connectivity index (χ2n) is 5.47. The van der Waals surface area contributed by atoms with Crippen LogP contribution in [-0.4, -0.2) is 14.8 Å². The fourth-order valence-corrected chi connectivity index (χ4v) is 2.55. The Bertz CT molecular complexity index is 731. The lowest BCUT2D eigenvalue weighted by atomic mass is 9.97. The minimum atomic E-state index is -4.58. The lowest BCUT2D eigenvalue weighted by Gasteiger charge is -2.35. The number of rotatable bonds is 0. The first-order valence-corrected chi connectivity index (χ1v) is 6.23. The van der Waals surface area contributed by atoms with Gasteiger partial charge in [0.25, 0.3) is 0 Å². The highest BCUT2D eigenvalue weighted by Crippen LogP contribution is 2.45. The highest BCUT2D eigenvalue weighted by molar-refractivity contribution is 5.71. The molecule has 0 fully saturated rings. The number of aryl methyl sites for hydroxylation is 1. The molecule has 0 amide bonds. The Morgan fingerprint density at radius 3 is 2.48 bits per heavy atom. The van der Waals surface area contributed by atoms with Crippen molar-refractivity contribution < 1.29 is 17.6 Å². The van der Waals surface area contributed by atoms with E-state index in [2.05, 4.69) is 15.5 Å². The molecule has 0 bridgehead atoms. The van der Waals surface area contributed by atoms with Gasteiger partial charge in [-0.25, -0.2) is 4.39 Å². The van der Waals surface area contributed by atoms with Crippen molar-refractivity contribution in [3.63, 3.8) is 0 Å². The molecule has 0 saturated carbocycles. The zero-order valence-corrected chi connectivity index (χ0v) is 11.5. The molecule has 0 aliphatic carbocycles. The Kier molecular flexibility index (Phi) is 2.61. The second kappa shape index (κ2) is 3.96. The number of hydrogen-bond donors (Lipinski definition) is 1. The fraction of sp³-hybridized carbons (Fsp3) is 0.385. The van der Waals surface area contributed by atoms with Gasteiger partial charge in [-0.1, -0.05) is 0 Å². The van der Waals surface area contributed by atoms with Crippen molar-refractivity contribution in [1.29, 1.82) is 0 Å². The van der Waals surface area contributed by atoms with Gasteiger partial charge in [0.15, 0.2) is 5.82 Å². The van der Waals surface area contributed by atoms with Crippen LogP contribution in [0.5, 0.6) is 0 Å². The van der Waals surface area contributed by atoms with Gasteiger partial charge in [-0.3, -0.25) is 4.57 Å². The number of alkyl halides is 3. The molecule has 0 unspecified atom stereocenters. The van der Waals surface area contributed by atoms with E-state index >= 15 is 0 Å². The SMILES string of the molecule is Cc1nnc2n1-c1c(F)ccc(C(F)(F)F)c1NC2(C)C. The standard InChI is InChI=1S/C13H12F4N4/c1-6-19-20-11-12(2,3)18-9-7(13(15,16)17)4-5-8(14)10(9)21(6)11/h4-5,18H,1-3H3. The molecule has 112 valence electrons. The second-order valence-corrected chi connectivity index (χ2v) is 5.47. The van der Waals surface area contributed by atoms with Gasteiger partial charge in [0.2, 0.25) is 0 Å². The van der Waals surface area contributed by atoms with Crippen LogP contribution >= 0.6 is 0 Å². The Labute approximate surface area is 117 Å². The number of halogens is 4. The number of hydrogen-bond acceptors (Lipinski definition) is 3. The summed E-state index contributed by atoms with van der Waals surface area (Å²) in [4.78, 5) is 0. The van der Waals surface area contributed by atoms with Crippen LogP contribution in [0.4, 0.5) is 23.2 Å². The Morgan fingerprint density at radius 2 is 1.86 bits per heavy atom. The first-order chi connectivity index (χ1) is 9.63. The normalized spacial score (nSPS) is 16.1. The van der Waals surface area contributed by atoms with Gasteiger partial charge in [-0.05, 0) is 32.9 Å². The van der Waals surface area contributed by atoms with Gasteiger partial charge in [-0.15, -0.1) is 10.2 Å². The first kappa shape index (κ1) is 13.8. The number of fused-ring (bicyclic) bond motifs is 3. The van der Waals surface area contributed by atoms with E-state index in [-0.39, 0.29) is 11.4 Å². The lowest BCUT2D eigenvalue weighted by Crippen LogP contribution is -2.37. The molecule has 2 heterocycles. The van der Waals surface area contributed by atoms with E-state index in [1.165, 1.54) is 4.57 Å². The third kappa shape index (κ3) is 1.89. The lowest BCUT2D eigenvalue weighted by molar-refractivity contribution is -0.137. The minimum Gasteiger partial charge on any atom is -0.371 e. The maximum Gasteiger partial charge on any atom is 0.418 e. The predicted molar refractivity (Wildman–Crippen MR) is 67.7 cm³/mol. The van der Waals surface area contributed by atoms with Crippen LogP contribution in [0.3, 0.4) is 0 Å². The number of benzene rings is 1. The van der Waals surface area contributed by atoms with E-state index < -0.39 is 23.1 Å². The molecular formula is C13H12F4N4. The van der Waals surface area contributed by atoms with Crippen molar-refractivity contribution in [3.8, 4) is 5.69 Å². The van der Waals surface area contributed by atoms with E-state index in [4.69, 9.17) is 0 Å². The maximum atomic E-state index is 14.1. The molecule has 8 heteroatoms. The molecule has 3 rings (SSSR count). The molecule has 1 aromatic heterocycles. The van der Waals surface area contributed by atoms with E-state index in [0.29, 0.717) is 11.6 Å². The monoisotopic (exact) mass is 300 g/mol. The first-order valence-electron chi connectivity index (χ1n) is 6.23. The number of aromatic nitrogens is 3. The summed E-state index contributed by atoms with van der Waals surface area (Å²) in [6.45, 7) is 4.91. The summed E-state index contributed by atoms with van der Waals surface area (Å²) in [5.41, 5.74) is -2.29. The largest absolute Gasteiger partial charge is 0.418 e. The van der Waals surface area contributed by atoms with Crippen molar-refractivity contribution >= 4 is 5.69 Å². The smallest absolute Gasteiger partial charge is 0.371 e. The summed E-state index contributed by atoms with van der Waals surface area (Å²) in [6, 6.07) is 1.55. The van der Waals surface area contributed by atoms with Gasteiger partial charge < -0.3 is 5.32 Å². The zero-order chi connectivity index (χ0) is 15.6. The predicted octanol–water partition coefficient (Wildman–Crippen LogP) is 3.39. The molecule has 0 saturated heterocycles. The Morgan fingerprint density at radius 1 is 1.19 bits per heavy atom. The summed E-state index contributed by atoms with van der Waals surface area (Å²) >= 11 is 0. The van der Waals surface area contributed by atoms with E-state index in [1.54, 1.807) is 20.8 Å². The van der Waals surface area contributed by atoms with Crippen LogP contribution in [-0.2, 0) is 11.7 Å². The third-order valence-corrected chi connectivity index (χ3v) is 3.48. The highest BCUT2D eigenvalue weighted by atomic mass is 19.4. The van der Waals surface area contributed by atoms with Crippen LogP contribution in [0, 0.1) is 12.7 Å². The molecule has 1 aliphatic heterocycles. The van der Waals surface area contributed by atoms with Gasteiger partial charge in [-0.2, -0.15) is 13.2 Å². The average molecular weight is 300 g/mol. The zero-order valence-electron chi connectivity index (χ0n) is 11.5. The topological polar surface area (TPSA) is 42.7 Å². The highest BCUT2D eigenvalue weighted by Gasteiger charge is 2.42. The molecule has 1 aliphatic rings. The average Bonchev–Trinajstić information content (AvgIpc) is 2.70. The van der Waals surface area contributed by atoms with Crippen molar-refractivity contribution in [2.24, 2.45) is 0 Å². The van der Waals surface area contributed by atoms with Crippen molar-refractivity contribution in [3.05, 3.63) is 35.2 Å². The molecule has 4 nitrogen and oxygen atoms in total. The third-order valence-electron chi connectivity index (χ3n) is 3.48. The molecule has 1 aromatic carbocycles. The van der Waals surface area contributed by atoms with E-state index in [9.17, 15) is 17.6 Å². The maximum absolute atomic E-state index is 14.1. The molecule has 1 N–H and O–H groups in total.